The fourth-order valence-electron chi connectivity index (χ4n) is 5.74. The first-order valence-electron chi connectivity index (χ1n) is 16.5. The van der Waals surface area contributed by atoms with Gasteiger partial charge in [-0.3, -0.25) is 0 Å². The second kappa shape index (κ2) is 11.7. The Kier molecular flexibility index (Phi) is 9.22. The lowest BCUT2D eigenvalue weighted by Crippen LogP contribution is -2.27. The Morgan fingerprint density at radius 2 is 0.767 bits per heavy atom. The normalized spacial score (nSPS) is 19.4. The van der Waals surface area contributed by atoms with E-state index in [0.29, 0.717) is 25.4 Å². The van der Waals surface area contributed by atoms with Crippen LogP contribution in [0.3, 0.4) is 0 Å². The Morgan fingerprint density at radius 1 is 0.512 bits per heavy atom. The summed E-state index contributed by atoms with van der Waals surface area (Å²) in [6.07, 6.45) is 2.59. The van der Waals surface area contributed by atoms with Crippen molar-refractivity contribution in [2.24, 2.45) is 0 Å². The molecule has 4 nitrogen and oxygen atoms in total. The molecule has 0 aliphatic carbocycles. The highest BCUT2D eigenvalue weighted by Gasteiger charge is 2.36. The zero-order valence-electron chi connectivity index (χ0n) is 29.8. The predicted octanol–water partition coefficient (Wildman–Crippen LogP) is 9.54. The maximum Gasteiger partial charge on any atom is 0.126 e. The van der Waals surface area contributed by atoms with Gasteiger partial charge in [-0.15, -0.1) is 0 Å². The summed E-state index contributed by atoms with van der Waals surface area (Å²) in [5, 5.41) is 0. The minimum atomic E-state index is -0.249. The average Bonchev–Trinajstić information content (AvgIpc) is 3.77. The lowest BCUT2D eigenvalue weighted by atomic mass is 9.69. The Hall–Kier alpha value is -2.04. The van der Waals surface area contributed by atoms with Crippen LogP contribution in [0, 0.1) is 0 Å². The molecular weight excluding hydrogens is 532 g/mol. The summed E-state index contributed by atoms with van der Waals surface area (Å²) in [6, 6.07) is 9.69. The molecule has 0 amide bonds. The van der Waals surface area contributed by atoms with Crippen molar-refractivity contribution < 1.29 is 18.9 Å². The van der Waals surface area contributed by atoms with Gasteiger partial charge in [0.25, 0.3) is 0 Å². The van der Waals surface area contributed by atoms with Crippen LogP contribution in [0.2, 0.25) is 0 Å². The molecule has 2 fully saturated rings. The molecule has 43 heavy (non-hydrogen) atoms. The van der Waals surface area contributed by atoms with Crippen LogP contribution < -0.4 is 9.47 Å². The quantitative estimate of drug-likeness (QED) is 0.258. The summed E-state index contributed by atoms with van der Waals surface area (Å²) in [7, 11) is 0. The van der Waals surface area contributed by atoms with Gasteiger partial charge in [-0.2, -0.15) is 0 Å². The zero-order valence-corrected chi connectivity index (χ0v) is 29.8. The SMILES string of the molecule is CC(C)(C)c1cc(C(C)(C)c2cc(C(C)(C)C)c(OCCC3CO3)c(C(C)(C)C)c2)cc(C(C)(C)C)c1OCCC1CO1. The molecule has 4 rings (SSSR count). The van der Waals surface area contributed by atoms with E-state index in [1.807, 2.05) is 0 Å². The summed E-state index contributed by atoms with van der Waals surface area (Å²) in [5.41, 5.74) is 7.17. The Bertz CT molecular complexity index is 1110. The van der Waals surface area contributed by atoms with Crippen LogP contribution >= 0.6 is 0 Å². The minimum Gasteiger partial charge on any atom is -0.493 e. The maximum absolute atomic E-state index is 6.64. The zero-order chi connectivity index (χ0) is 32.2. The van der Waals surface area contributed by atoms with E-state index >= 15 is 0 Å². The highest BCUT2D eigenvalue weighted by Crippen LogP contribution is 2.48. The summed E-state index contributed by atoms with van der Waals surface area (Å²) in [6.45, 7) is 35.5. The first-order chi connectivity index (χ1) is 19.6. The van der Waals surface area contributed by atoms with Gasteiger partial charge >= 0.3 is 0 Å². The van der Waals surface area contributed by atoms with Crippen molar-refractivity contribution in [2.45, 2.75) is 149 Å². The van der Waals surface area contributed by atoms with Crippen LogP contribution in [-0.4, -0.2) is 38.6 Å². The third-order valence-electron chi connectivity index (χ3n) is 9.03. The topological polar surface area (TPSA) is 43.5 Å². The van der Waals surface area contributed by atoms with Gasteiger partial charge in [0, 0.05) is 40.5 Å². The molecule has 0 aromatic heterocycles. The number of ether oxygens (including phenoxy) is 4. The summed E-state index contributed by atoms with van der Waals surface area (Å²) in [4.78, 5) is 0. The molecule has 2 aliphatic heterocycles. The molecule has 4 heteroatoms. The molecule has 0 N–H and O–H groups in total. The van der Waals surface area contributed by atoms with Gasteiger partial charge in [-0.1, -0.05) is 121 Å². The molecule has 2 atom stereocenters. The monoisotopic (exact) mass is 592 g/mol. The van der Waals surface area contributed by atoms with Crippen molar-refractivity contribution in [3.05, 3.63) is 57.6 Å². The van der Waals surface area contributed by atoms with Crippen molar-refractivity contribution in [3.63, 3.8) is 0 Å². The Morgan fingerprint density at radius 3 is 0.977 bits per heavy atom. The summed E-state index contributed by atoms with van der Waals surface area (Å²) in [5.74, 6) is 2.10. The highest BCUT2D eigenvalue weighted by atomic mass is 16.6. The molecular formula is C39H60O4. The van der Waals surface area contributed by atoms with Crippen LogP contribution in [-0.2, 0) is 36.5 Å². The molecule has 0 bridgehead atoms. The molecule has 2 aliphatic rings. The van der Waals surface area contributed by atoms with Gasteiger partial charge in [0.2, 0.25) is 0 Å². The van der Waals surface area contributed by atoms with E-state index in [1.165, 1.54) is 33.4 Å². The van der Waals surface area contributed by atoms with Gasteiger partial charge in [0.1, 0.15) is 11.5 Å². The van der Waals surface area contributed by atoms with Gasteiger partial charge in [0.15, 0.2) is 0 Å². The maximum atomic E-state index is 6.64. The number of benzene rings is 2. The van der Waals surface area contributed by atoms with E-state index < -0.39 is 0 Å². The second-order valence-electron chi connectivity index (χ2n) is 17.6. The third-order valence-corrected chi connectivity index (χ3v) is 9.03. The fourth-order valence-corrected chi connectivity index (χ4v) is 5.74. The van der Waals surface area contributed by atoms with E-state index in [1.54, 1.807) is 0 Å². The smallest absolute Gasteiger partial charge is 0.126 e. The second-order valence-corrected chi connectivity index (χ2v) is 17.6. The van der Waals surface area contributed by atoms with Gasteiger partial charge < -0.3 is 18.9 Å². The van der Waals surface area contributed by atoms with Crippen molar-refractivity contribution in [2.75, 3.05) is 26.4 Å². The first-order valence-corrected chi connectivity index (χ1v) is 16.5. The molecule has 2 saturated heterocycles. The molecule has 2 aromatic rings. The fraction of sp³-hybridized carbons (Fsp3) is 0.692. The molecule has 2 heterocycles. The number of hydrogen-bond acceptors (Lipinski definition) is 4. The van der Waals surface area contributed by atoms with Crippen molar-refractivity contribution in [3.8, 4) is 11.5 Å². The van der Waals surface area contributed by atoms with Crippen molar-refractivity contribution in [1.82, 2.24) is 0 Å². The average molecular weight is 593 g/mol. The summed E-state index contributed by atoms with van der Waals surface area (Å²) < 4.78 is 24.2. The van der Waals surface area contributed by atoms with Crippen molar-refractivity contribution in [1.29, 1.82) is 0 Å². The van der Waals surface area contributed by atoms with Crippen LogP contribution in [0.1, 0.15) is 143 Å². The van der Waals surface area contributed by atoms with E-state index in [9.17, 15) is 0 Å². The van der Waals surface area contributed by atoms with Gasteiger partial charge in [-0.25, -0.2) is 0 Å². The summed E-state index contributed by atoms with van der Waals surface area (Å²) >= 11 is 0. The number of epoxide rings is 2. The van der Waals surface area contributed by atoms with E-state index in [4.69, 9.17) is 18.9 Å². The number of hydrogen-bond donors (Lipinski definition) is 0. The van der Waals surface area contributed by atoms with E-state index in [-0.39, 0.29) is 27.1 Å². The van der Waals surface area contributed by atoms with E-state index in [0.717, 1.165) is 37.6 Å². The van der Waals surface area contributed by atoms with E-state index in [2.05, 4.69) is 121 Å². The Balaban J connectivity index is 1.88. The molecule has 0 saturated carbocycles. The Labute approximate surface area is 263 Å². The predicted molar refractivity (Wildman–Crippen MR) is 180 cm³/mol. The lowest BCUT2D eigenvalue weighted by molar-refractivity contribution is 0.271. The highest BCUT2D eigenvalue weighted by molar-refractivity contribution is 5.57. The van der Waals surface area contributed by atoms with Crippen LogP contribution in [0.15, 0.2) is 24.3 Å². The molecule has 0 spiro atoms. The molecule has 0 radical (unpaired) electrons. The minimum absolute atomic E-state index is 0.0758. The third kappa shape index (κ3) is 8.17. The molecule has 2 aromatic carbocycles. The standard InChI is InChI=1S/C39H60O4/c1-35(2,3)29-19-25(20-30(36(4,5)6)33(29)40-17-15-27-23-42-27)39(13,14)26-21-31(37(7,8)9)34(32(22-26)38(10,11)12)41-18-16-28-24-43-28/h19-22,27-28H,15-18,23-24H2,1-14H3. The van der Waals surface area contributed by atoms with Crippen molar-refractivity contribution >= 4 is 0 Å². The van der Waals surface area contributed by atoms with Gasteiger partial charge in [0.05, 0.1) is 38.6 Å². The molecule has 2 unspecified atom stereocenters. The first kappa shape index (κ1) is 33.8. The van der Waals surface area contributed by atoms with Crippen LogP contribution in [0.25, 0.3) is 0 Å². The number of rotatable bonds is 10. The largest absolute Gasteiger partial charge is 0.493 e. The lowest BCUT2D eigenvalue weighted by Gasteiger charge is -2.37. The van der Waals surface area contributed by atoms with Crippen LogP contribution in [0.5, 0.6) is 11.5 Å². The van der Waals surface area contributed by atoms with Crippen LogP contribution in [0.4, 0.5) is 0 Å². The van der Waals surface area contributed by atoms with Gasteiger partial charge in [-0.05, 0) is 32.8 Å². The molecule has 240 valence electrons.